The second kappa shape index (κ2) is 7.49. The molecule has 3 N–H and O–H groups in total. The fourth-order valence-corrected chi connectivity index (χ4v) is 2.18. The Kier molecular flexibility index (Phi) is 6.30. The van der Waals surface area contributed by atoms with Gasteiger partial charge < -0.3 is 20.1 Å². The molecule has 0 aliphatic heterocycles. The summed E-state index contributed by atoms with van der Waals surface area (Å²) in [5, 5.41) is 28.8. The minimum Gasteiger partial charge on any atom is -0.496 e. The highest BCUT2D eigenvalue weighted by atomic mass is 32.2. The van der Waals surface area contributed by atoms with Gasteiger partial charge in [0.05, 0.1) is 19.8 Å². The van der Waals surface area contributed by atoms with E-state index in [9.17, 15) is 15.0 Å². The van der Waals surface area contributed by atoms with Crippen LogP contribution in [0.15, 0.2) is 18.2 Å². The van der Waals surface area contributed by atoms with Crippen molar-refractivity contribution in [1.82, 2.24) is 0 Å². The van der Waals surface area contributed by atoms with Crippen LogP contribution in [0.1, 0.15) is 24.2 Å². The molecule has 19 heavy (non-hydrogen) atoms. The Morgan fingerprint density at radius 3 is 2.63 bits per heavy atom. The molecule has 0 radical (unpaired) electrons. The summed E-state index contributed by atoms with van der Waals surface area (Å²) in [5.74, 6) is 0.575. The summed E-state index contributed by atoms with van der Waals surface area (Å²) in [7, 11) is 1.46. The average Bonchev–Trinajstić information content (AvgIpc) is 2.42. The van der Waals surface area contributed by atoms with Crippen molar-refractivity contribution in [2.24, 2.45) is 0 Å². The van der Waals surface area contributed by atoms with E-state index in [0.29, 0.717) is 16.9 Å². The molecule has 0 aliphatic carbocycles. The fourth-order valence-electron chi connectivity index (χ4n) is 1.59. The van der Waals surface area contributed by atoms with Gasteiger partial charge >= 0.3 is 0 Å². The zero-order valence-electron chi connectivity index (χ0n) is 10.9. The Balaban J connectivity index is 2.81. The maximum Gasteiger partial charge on any atom is 0.185 e. The number of ether oxygens (including phenoxy) is 1. The Hall–Kier alpha value is -1.08. The van der Waals surface area contributed by atoms with E-state index in [-0.39, 0.29) is 17.5 Å². The van der Waals surface area contributed by atoms with E-state index in [4.69, 9.17) is 9.84 Å². The molecule has 1 rings (SSSR count). The molecule has 1 aromatic rings. The molecular weight excluding hydrogens is 268 g/mol. The minimum atomic E-state index is -1.10. The number of hydrogen-bond donors (Lipinski definition) is 3. The van der Waals surface area contributed by atoms with Gasteiger partial charge in [-0.25, -0.2) is 0 Å². The normalized spacial score (nSPS) is 13.9. The first-order chi connectivity index (χ1) is 8.99. The topological polar surface area (TPSA) is 87.0 Å². The third-order valence-electron chi connectivity index (χ3n) is 2.64. The van der Waals surface area contributed by atoms with Crippen molar-refractivity contribution in [3.63, 3.8) is 0 Å². The van der Waals surface area contributed by atoms with Crippen molar-refractivity contribution < 1.29 is 24.9 Å². The third kappa shape index (κ3) is 4.50. The highest BCUT2D eigenvalue weighted by Crippen LogP contribution is 2.26. The molecule has 0 saturated heterocycles. The summed E-state index contributed by atoms with van der Waals surface area (Å²) in [4.78, 5) is 10.8. The predicted molar refractivity (Wildman–Crippen MR) is 73.0 cm³/mol. The van der Waals surface area contributed by atoms with Crippen LogP contribution >= 0.6 is 11.8 Å². The Labute approximate surface area is 116 Å². The number of carbonyl (C=O) groups excluding carboxylic acids is 1. The van der Waals surface area contributed by atoms with Crippen molar-refractivity contribution in [1.29, 1.82) is 0 Å². The molecule has 0 bridgehead atoms. The second-order valence-electron chi connectivity index (χ2n) is 4.04. The number of thioether (sulfide) groups is 1. The van der Waals surface area contributed by atoms with Crippen LogP contribution in [0, 0.1) is 0 Å². The van der Waals surface area contributed by atoms with E-state index in [1.54, 1.807) is 18.2 Å². The molecule has 5 nitrogen and oxygen atoms in total. The molecule has 106 valence electrons. The van der Waals surface area contributed by atoms with Gasteiger partial charge in [0, 0.05) is 18.2 Å². The minimum absolute atomic E-state index is 0.112. The van der Waals surface area contributed by atoms with Crippen molar-refractivity contribution >= 4 is 16.9 Å². The monoisotopic (exact) mass is 286 g/mol. The van der Waals surface area contributed by atoms with Gasteiger partial charge in [-0.05, 0) is 11.6 Å². The van der Waals surface area contributed by atoms with Crippen molar-refractivity contribution in [3.8, 4) is 5.75 Å². The molecule has 0 aliphatic rings. The highest BCUT2D eigenvalue weighted by molar-refractivity contribution is 8.13. The van der Waals surface area contributed by atoms with Crippen LogP contribution in [0.25, 0.3) is 0 Å². The lowest BCUT2D eigenvalue weighted by atomic mass is 10.0. The number of benzene rings is 1. The lowest BCUT2D eigenvalue weighted by molar-refractivity contribution is -0.109. The standard InChI is InChI=1S/C13H18O5S/c1-8(15)19-7-11(16)13(17)9-3-4-10(6-14)12(5-9)18-2/h3-5,11,13-14,16-17H,6-7H2,1-2H3. The molecule has 0 fully saturated rings. The Morgan fingerprint density at radius 1 is 1.42 bits per heavy atom. The van der Waals surface area contributed by atoms with Gasteiger partial charge in [0.1, 0.15) is 11.9 Å². The van der Waals surface area contributed by atoms with Gasteiger partial charge in [-0.2, -0.15) is 0 Å². The largest absolute Gasteiger partial charge is 0.496 e. The number of aliphatic hydroxyl groups is 3. The van der Waals surface area contributed by atoms with Crippen molar-refractivity contribution in [3.05, 3.63) is 29.3 Å². The van der Waals surface area contributed by atoms with Gasteiger partial charge in [-0.15, -0.1) is 0 Å². The smallest absolute Gasteiger partial charge is 0.185 e. The van der Waals surface area contributed by atoms with Crippen LogP contribution in [-0.2, 0) is 11.4 Å². The summed E-state index contributed by atoms with van der Waals surface area (Å²) < 4.78 is 5.09. The molecular formula is C13H18O5S. The first-order valence-corrected chi connectivity index (χ1v) is 6.75. The summed E-state index contributed by atoms with van der Waals surface area (Å²) in [6.07, 6.45) is -2.15. The van der Waals surface area contributed by atoms with Crippen LogP contribution in [0.3, 0.4) is 0 Å². The molecule has 0 amide bonds. The van der Waals surface area contributed by atoms with Crippen LogP contribution in [0.4, 0.5) is 0 Å². The summed E-state index contributed by atoms with van der Waals surface area (Å²) in [6, 6.07) is 4.81. The number of hydrogen-bond acceptors (Lipinski definition) is 6. The predicted octanol–water partition coefficient (Wildman–Crippen LogP) is 0.861. The molecule has 0 saturated carbocycles. The first kappa shape index (κ1) is 16.0. The fraction of sp³-hybridized carbons (Fsp3) is 0.462. The molecule has 0 spiro atoms. The molecule has 1 aromatic carbocycles. The number of rotatable bonds is 6. The molecule has 0 aromatic heterocycles. The molecule has 2 atom stereocenters. The maximum atomic E-state index is 10.8. The summed E-state index contributed by atoms with van der Waals surface area (Å²) >= 11 is 0.960. The van der Waals surface area contributed by atoms with Crippen LogP contribution < -0.4 is 4.74 Å². The SMILES string of the molecule is COc1cc(C(O)C(O)CSC(C)=O)ccc1CO. The zero-order valence-corrected chi connectivity index (χ0v) is 11.7. The van der Waals surface area contributed by atoms with E-state index in [2.05, 4.69) is 0 Å². The number of aliphatic hydroxyl groups excluding tert-OH is 3. The van der Waals surface area contributed by atoms with Crippen molar-refractivity contribution in [2.45, 2.75) is 25.7 Å². The van der Waals surface area contributed by atoms with E-state index in [0.717, 1.165) is 11.8 Å². The Morgan fingerprint density at radius 2 is 2.11 bits per heavy atom. The van der Waals surface area contributed by atoms with Crippen LogP contribution in [0.5, 0.6) is 5.75 Å². The number of methoxy groups -OCH3 is 1. The van der Waals surface area contributed by atoms with E-state index in [1.165, 1.54) is 14.0 Å². The lowest BCUT2D eigenvalue weighted by Crippen LogP contribution is -2.21. The van der Waals surface area contributed by atoms with E-state index < -0.39 is 12.2 Å². The second-order valence-corrected chi connectivity index (χ2v) is 5.24. The average molecular weight is 286 g/mol. The van der Waals surface area contributed by atoms with Gasteiger partial charge in [-0.1, -0.05) is 23.9 Å². The van der Waals surface area contributed by atoms with E-state index in [1.807, 2.05) is 0 Å². The number of carbonyl (C=O) groups is 1. The lowest BCUT2D eigenvalue weighted by Gasteiger charge is -2.18. The van der Waals surface area contributed by atoms with Gasteiger partial charge in [0.2, 0.25) is 0 Å². The van der Waals surface area contributed by atoms with Crippen LogP contribution in [0.2, 0.25) is 0 Å². The quantitative estimate of drug-likeness (QED) is 0.719. The highest BCUT2D eigenvalue weighted by Gasteiger charge is 2.20. The third-order valence-corrected chi connectivity index (χ3v) is 3.56. The van der Waals surface area contributed by atoms with Gasteiger partial charge in [0.25, 0.3) is 0 Å². The van der Waals surface area contributed by atoms with Crippen LogP contribution in [-0.4, -0.2) is 39.4 Å². The first-order valence-electron chi connectivity index (χ1n) is 5.76. The summed E-state index contributed by atoms with van der Waals surface area (Å²) in [5.41, 5.74) is 1.08. The molecule has 0 heterocycles. The van der Waals surface area contributed by atoms with Gasteiger partial charge in [-0.3, -0.25) is 4.79 Å². The molecule has 6 heteroatoms. The maximum absolute atomic E-state index is 10.8. The van der Waals surface area contributed by atoms with Gasteiger partial charge in [0.15, 0.2) is 5.12 Å². The van der Waals surface area contributed by atoms with E-state index >= 15 is 0 Å². The zero-order chi connectivity index (χ0) is 14.4. The summed E-state index contributed by atoms with van der Waals surface area (Å²) in [6.45, 7) is 1.24. The van der Waals surface area contributed by atoms with Crippen molar-refractivity contribution in [2.75, 3.05) is 12.9 Å². The Bertz CT molecular complexity index is 435. The molecule has 2 unspecified atom stereocenters.